The van der Waals surface area contributed by atoms with Gasteiger partial charge in [-0.15, -0.1) is 0 Å². The van der Waals surface area contributed by atoms with Crippen molar-refractivity contribution < 1.29 is 13.7 Å². The first-order valence-corrected chi connectivity index (χ1v) is 6.86. The second-order valence-electron chi connectivity index (χ2n) is 3.72. The van der Waals surface area contributed by atoms with E-state index >= 15 is 0 Å². The molecule has 0 aliphatic carbocycles. The summed E-state index contributed by atoms with van der Waals surface area (Å²) in [6, 6.07) is 5.10. The van der Waals surface area contributed by atoms with Gasteiger partial charge in [-0.05, 0) is 30.2 Å². The minimum atomic E-state index is -2.27. The van der Waals surface area contributed by atoms with Gasteiger partial charge in [0.05, 0.1) is 33.8 Å². The molecule has 0 fully saturated rings. The zero-order valence-electron chi connectivity index (χ0n) is 9.23. The minimum Gasteiger partial charge on any atom is -0.465 e. The smallest absolute Gasteiger partial charge is 0.337 e. The number of methoxy groups -OCH3 is 1. The van der Waals surface area contributed by atoms with E-state index in [1.165, 1.54) is 7.11 Å². The molecule has 1 atom stereocenters. The zero-order chi connectivity index (χ0) is 11.8. The summed E-state index contributed by atoms with van der Waals surface area (Å²) in [5.41, 5.74) is 1.43. The van der Waals surface area contributed by atoms with Crippen molar-refractivity contribution in [1.29, 1.82) is 0 Å². The van der Waals surface area contributed by atoms with Gasteiger partial charge < -0.3 is 4.74 Å². The second-order valence-corrected chi connectivity index (χ2v) is 6.02. The molecule has 1 aliphatic heterocycles. The maximum Gasteiger partial charge on any atom is 0.337 e. The van der Waals surface area contributed by atoms with Gasteiger partial charge in [0.15, 0.2) is 0 Å². The Morgan fingerprint density at radius 1 is 1.50 bits per heavy atom. The van der Waals surface area contributed by atoms with E-state index in [-0.39, 0.29) is 5.97 Å². The molecule has 1 aromatic carbocycles. The number of hydrogen-bond acceptors (Lipinski definition) is 4. The Morgan fingerprint density at radius 2 is 2.25 bits per heavy atom. The fourth-order valence-electron chi connectivity index (χ4n) is 1.80. The third-order valence-corrected chi connectivity index (χ3v) is 4.50. The second kappa shape index (κ2) is 3.90. The lowest BCUT2D eigenvalue weighted by Gasteiger charge is -2.16. The van der Waals surface area contributed by atoms with Crippen LogP contribution in [0, 0.1) is 0 Å². The average Bonchev–Trinajstić information content (AvgIpc) is 2.27. The lowest BCUT2D eigenvalue weighted by Crippen LogP contribution is -2.12. The van der Waals surface area contributed by atoms with Crippen molar-refractivity contribution in [3.63, 3.8) is 0 Å². The molecule has 1 aliphatic rings. The van der Waals surface area contributed by atoms with Crippen molar-refractivity contribution >= 4 is 15.7 Å². The molecule has 0 aromatic heterocycles. The van der Waals surface area contributed by atoms with Crippen LogP contribution in [0.1, 0.15) is 15.9 Å². The van der Waals surface area contributed by atoms with Gasteiger partial charge in [-0.3, -0.25) is 0 Å². The number of carbonyl (C=O) groups is 1. The van der Waals surface area contributed by atoms with E-state index in [1.807, 2.05) is 0 Å². The predicted molar refractivity (Wildman–Crippen MR) is 61.1 cm³/mol. The highest BCUT2D eigenvalue weighted by molar-refractivity contribution is 7.93. The van der Waals surface area contributed by atoms with Crippen LogP contribution in [0.3, 0.4) is 0 Å². The molecule has 0 N–H and O–H groups in total. The van der Waals surface area contributed by atoms with Crippen LogP contribution < -0.4 is 0 Å². The molecular weight excluding hydrogens is 226 g/mol. The normalized spacial score (nSPS) is 23.1. The molecule has 0 saturated heterocycles. The van der Waals surface area contributed by atoms with Crippen molar-refractivity contribution in [1.82, 2.24) is 0 Å². The number of esters is 1. The molecule has 4 nitrogen and oxygen atoms in total. The fourth-order valence-corrected chi connectivity index (χ4v) is 3.35. The number of hydrogen-bond donors (Lipinski definition) is 0. The summed E-state index contributed by atoms with van der Waals surface area (Å²) in [4.78, 5) is 12.1. The molecule has 0 radical (unpaired) electrons. The van der Waals surface area contributed by atoms with E-state index < -0.39 is 9.73 Å². The molecule has 0 bridgehead atoms. The number of rotatable bonds is 1. The summed E-state index contributed by atoms with van der Waals surface area (Å²) < 4.78 is 20.9. The number of benzene rings is 1. The topological polar surface area (TPSA) is 55.7 Å². The average molecular weight is 239 g/mol. The molecule has 0 saturated carbocycles. The van der Waals surface area contributed by atoms with E-state index in [0.717, 1.165) is 16.9 Å². The van der Waals surface area contributed by atoms with Crippen LogP contribution in [0.5, 0.6) is 0 Å². The Labute approximate surface area is 94.8 Å². The van der Waals surface area contributed by atoms with E-state index in [1.54, 1.807) is 24.5 Å². The van der Waals surface area contributed by atoms with E-state index in [2.05, 4.69) is 9.10 Å². The Morgan fingerprint density at radius 3 is 2.94 bits per heavy atom. The van der Waals surface area contributed by atoms with Crippen LogP contribution in [0.2, 0.25) is 0 Å². The Balaban J connectivity index is 2.54. The lowest BCUT2D eigenvalue weighted by atomic mass is 10.1. The molecule has 16 heavy (non-hydrogen) atoms. The van der Waals surface area contributed by atoms with E-state index in [9.17, 15) is 9.00 Å². The van der Waals surface area contributed by atoms with Crippen molar-refractivity contribution in [2.75, 3.05) is 19.9 Å². The van der Waals surface area contributed by atoms with Crippen LogP contribution in [0.4, 0.5) is 0 Å². The standard InChI is InChI=1S/C11H13NO3S/c1-15-11(13)9-3-4-10-8(7-9)5-6-12-16(10,2)14/h3-4,7H,5-6H2,1-2H3. The van der Waals surface area contributed by atoms with Gasteiger partial charge in [0.2, 0.25) is 0 Å². The molecule has 0 amide bonds. The first-order valence-electron chi connectivity index (χ1n) is 4.94. The molecule has 1 unspecified atom stereocenters. The van der Waals surface area contributed by atoms with Crippen molar-refractivity contribution in [3.8, 4) is 0 Å². The highest BCUT2D eigenvalue weighted by Crippen LogP contribution is 2.24. The number of fused-ring (bicyclic) bond motifs is 1. The van der Waals surface area contributed by atoms with Crippen LogP contribution in [-0.2, 0) is 20.9 Å². The third kappa shape index (κ3) is 1.82. The van der Waals surface area contributed by atoms with Crippen LogP contribution in [0.25, 0.3) is 0 Å². The summed E-state index contributed by atoms with van der Waals surface area (Å²) in [6.45, 7) is 0.549. The summed E-state index contributed by atoms with van der Waals surface area (Å²) in [7, 11) is -0.921. The SMILES string of the molecule is COC(=O)c1ccc2c(c1)CCN=S2(C)=O. The van der Waals surface area contributed by atoms with Gasteiger partial charge in [-0.2, -0.15) is 0 Å². The number of ether oxygens (including phenoxy) is 1. The van der Waals surface area contributed by atoms with Crippen LogP contribution in [-0.4, -0.2) is 30.1 Å². The number of nitrogens with zero attached hydrogens (tertiary/aromatic N) is 1. The summed E-state index contributed by atoms with van der Waals surface area (Å²) in [5.74, 6) is -0.368. The van der Waals surface area contributed by atoms with E-state index in [4.69, 9.17) is 0 Å². The molecule has 1 aromatic rings. The molecule has 0 spiro atoms. The highest BCUT2D eigenvalue weighted by atomic mass is 32.2. The van der Waals surface area contributed by atoms with E-state index in [0.29, 0.717) is 12.1 Å². The third-order valence-electron chi connectivity index (χ3n) is 2.61. The fraction of sp³-hybridized carbons (Fsp3) is 0.364. The first kappa shape index (κ1) is 11.1. The maximum atomic E-state index is 12.1. The van der Waals surface area contributed by atoms with Gasteiger partial charge in [0, 0.05) is 6.26 Å². The predicted octanol–water partition coefficient (Wildman–Crippen LogP) is 1.49. The van der Waals surface area contributed by atoms with Crippen molar-refractivity contribution in [3.05, 3.63) is 29.3 Å². The van der Waals surface area contributed by atoms with Gasteiger partial charge in [0.1, 0.15) is 0 Å². The van der Waals surface area contributed by atoms with Crippen LogP contribution in [0.15, 0.2) is 27.5 Å². The quantitative estimate of drug-likeness (QED) is 0.698. The van der Waals surface area contributed by atoms with Crippen molar-refractivity contribution in [2.24, 2.45) is 4.36 Å². The molecule has 5 heteroatoms. The summed E-state index contributed by atoms with van der Waals surface area (Å²) in [6.07, 6.45) is 2.35. The monoisotopic (exact) mass is 239 g/mol. The molecule has 86 valence electrons. The van der Waals surface area contributed by atoms with Gasteiger partial charge in [-0.25, -0.2) is 13.4 Å². The summed E-state index contributed by atoms with van der Waals surface area (Å²) >= 11 is 0. The largest absolute Gasteiger partial charge is 0.465 e. The Hall–Kier alpha value is -1.36. The van der Waals surface area contributed by atoms with Crippen LogP contribution >= 0.6 is 0 Å². The summed E-state index contributed by atoms with van der Waals surface area (Å²) in [5, 5.41) is 0. The number of carbonyl (C=O) groups excluding carboxylic acids is 1. The van der Waals surface area contributed by atoms with Gasteiger partial charge in [0.25, 0.3) is 0 Å². The molecule has 1 heterocycles. The zero-order valence-corrected chi connectivity index (χ0v) is 10.0. The Kier molecular flexibility index (Phi) is 2.71. The van der Waals surface area contributed by atoms with Gasteiger partial charge >= 0.3 is 5.97 Å². The van der Waals surface area contributed by atoms with Gasteiger partial charge in [-0.1, -0.05) is 0 Å². The molecular formula is C11H13NO3S. The minimum absolute atomic E-state index is 0.368. The lowest BCUT2D eigenvalue weighted by molar-refractivity contribution is 0.0600. The van der Waals surface area contributed by atoms with Crippen molar-refractivity contribution in [2.45, 2.75) is 11.3 Å². The highest BCUT2D eigenvalue weighted by Gasteiger charge is 2.18. The first-order chi connectivity index (χ1) is 7.54. The Bertz CT molecular complexity index is 556. The maximum absolute atomic E-state index is 12.1. The molecule has 2 rings (SSSR count).